The summed E-state index contributed by atoms with van der Waals surface area (Å²) < 4.78 is 14.8. The van der Waals surface area contributed by atoms with Gasteiger partial charge in [-0.3, -0.25) is 18.5 Å². The van der Waals surface area contributed by atoms with Gasteiger partial charge in [-0.1, -0.05) is 54.6 Å². The van der Waals surface area contributed by atoms with Crippen LogP contribution in [0, 0.1) is 18.5 Å². The maximum atomic E-state index is 6.26. The van der Waals surface area contributed by atoms with E-state index in [1.165, 1.54) is 0 Å². The van der Waals surface area contributed by atoms with Gasteiger partial charge in [-0.2, -0.15) is 12.1 Å². The molecule has 0 unspecified atom stereocenters. The molecule has 0 amide bonds. The number of rotatable bonds is 0. The van der Waals surface area contributed by atoms with Gasteiger partial charge in [0.15, 0.2) is 0 Å². The number of hydrogen-bond donors (Lipinski definition) is 0. The Morgan fingerprint density at radius 1 is 0.683 bits per heavy atom. The summed E-state index contributed by atoms with van der Waals surface area (Å²) in [6.45, 7) is 0. The minimum atomic E-state index is 0. The van der Waals surface area contributed by atoms with Crippen LogP contribution >= 0.6 is 0 Å². The van der Waals surface area contributed by atoms with Gasteiger partial charge in [0.05, 0.1) is 33.4 Å². The van der Waals surface area contributed by atoms with Gasteiger partial charge in [-0.05, 0) is 36.1 Å². The van der Waals surface area contributed by atoms with E-state index in [1.54, 1.807) is 0 Å². The molecule has 0 radical (unpaired) electrons. The molecule has 0 saturated heterocycles. The van der Waals surface area contributed by atoms with Crippen LogP contribution in [0.15, 0.2) is 115 Å². The van der Waals surface area contributed by atoms with Crippen LogP contribution in [0.3, 0.4) is 0 Å². The molecular weight excluding hydrogens is 689 g/mol. The first kappa shape index (κ1) is 23.9. The first-order chi connectivity index (χ1) is 19.8. The van der Waals surface area contributed by atoms with E-state index in [-0.39, 0.29) is 21.1 Å². The van der Waals surface area contributed by atoms with Crippen molar-refractivity contribution < 1.29 is 30.4 Å². The van der Waals surface area contributed by atoms with Gasteiger partial charge >= 0.3 is 0 Å². The molecule has 0 aliphatic carbocycles. The summed E-state index contributed by atoms with van der Waals surface area (Å²) in [7, 11) is 0. The Balaban J connectivity index is 0.00000256. The van der Waals surface area contributed by atoms with Gasteiger partial charge in [0.1, 0.15) is 0 Å². The third kappa shape index (κ3) is 3.54. The summed E-state index contributed by atoms with van der Waals surface area (Å²) in [6, 6.07) is 43.7. The van der Waals surface area contributed by atoms with E-state index in [4.69, 9.17) is 9.72 Å². The molecule has 0 N–H and O–H groups in total. The van der Waals surface area contributed by atoms with E-state index in [0.29, 0.717) is 11.5 Å². The third-order valence-corrected chi connectivity index (χ3v) is 7.45. The fourth-order valence-electron chi connectivity index (χ4n) is 5.70. The first-order valence-electron chi connectivity index (χ1n) is 13.1. The monoisotopic (exact) mass is 708 g/mol. The fourth-order valence-corrected chi connectivity index (χ4v) is 5.70. The number of benzene rings is 5. The van der Waals surface area contributed by atoms with Crippen LogP contribution < -0.4 is 9.30 Å². The Bertz CT molecular complexity index is 2270. The van der Waals surface area contributed by atoms with E-state index >= 15 is 0 Å². The molecule has 6 nitrogen and oxygen atoms in total. The molecule has 3 aromatic heterocycles. The summed E-state index contributed by atoms with van der Waals surface area (Å²) in [5.41, 5.74) is 8.66. The van der Waals surface area contributed by atoms with Gasteiger partial charge in [-0.15, -0.1) is 35.9 Å². The molecule has 0 fully saturated rings. The van der Waals surface area contributed by atoms with Crippen LogP contribution in [-0.4, -0.2) is 18.5 Å². The number of para-hydroxylation sites is 6. The van der Waals surface area contributed by atoms with Crippen molar-refractivity contribution in [1.29, 1.82) is 0 Å². The van der Waals surface area contributed by atoms with Crippen molar-refractivity contribution in [1.82, 2.24) is 18.5 Å². The van der Waals surface area contributed by atoms with Crippen LogP contribution in [0.2, 0.25) is 0 Å². The fraction of sp³-hybridized carbons (Fsp3) is 0. The molecule has 0 saturated carbocycles. The summed E-state index contributed by atoms with van der Waals surface area (Å²) in [5, 5.41) is 0. The van der Waals surface area contributed by atoms with Crippen LogP contribution in [0.5, 0.6) is 11.5 Å². The number of aromatic nitrogens is 5. The minimum absolute atomic E-state index is 0. The van der Waals surface area contributed by atoms with E-state index in [1.807, 2.05) is 47.0 Å². The molecular formula is C34H19N5OPt-2. The van der Waals surface area contributed by atoms with Gasteiger partial charge in [0.25, 0.3) is 6.33 Å². The predicted molar refractivity (Wildman–Crippen MR) is 152 cm³/mol. The van der Waals surface area contributed by atoms with Gasteiger partial charge in [0, 0.05) is 38.3 Å². The van der Waals surface area contributed by atoms with E-state index in [9.17, 15) is 0 Å². The number of ether oxygens (including phenoxy) is 1. The Morgan fingerprint density at radius 3 is 2.32 bits per heavy atom. The van der Waals surface area contributed by atoms with Crippen LogP contribution in [0.1, 0.15) is 0 Å². The van der Waals surface area contributed by atoms with Gasteiger partial charge in [-0.25, -0.2) is 0 Å². The molecule has 198 valence electrons. The zero-order chi connectivity index (χ0) is 26.2. The minimum Gasteiger partial charge on any atom is -0.503 e. The van der Waals surface area contributed by atoms with E-state index in [0.717, 1.165) is 56.2 Å². The largest absolute Gasteiger partial charge is 0.503 e. The average Bonchev–Trinajstić information content (AvgIpc) is 3.68. The summed E-state index contributed by atoms with van der Waals surface area (Å²) in [5.74, 6) is 2.02. The van der Waals surface area contributed by atoms with Crippen molar-refractivity contribution in [3.8, 4) is 39.8 Å². The molecule has 8 bridgehead atoms. The molecule has 41 heavy (non-hydrogen) atoms. The zero-order valence-corrected chi connectivity index (χ0v) is 23.7. The predicted octanol–water partition coefficient (Wildman–Crippen LogP) is 6.67. The summed E-state index contributed by atoms with van der Waals surface area (Å²) in [4.78, 5) is 5.15. The smallest absolute Gasteiger partial charge is 0.268 e. The molecule has 5 aromatic carbocycles. The second kappa shape index (κ2) is 9.05. The molecule has 7 heteroatoms. The second-order valence-electron chi connectivity index (χ2n) is 9.80. The number of hydrogen-bond acceptors (Lipinski definition) is 2. The molecule has 0 spiro atoms. The Kier molecular flexibility index (Phi) is 5.28. The van der Waals surface area contributed by atoms with E-state index < -0.39 is 0 Å². The number of imidazole rings is 3. The maximum Gasteiger partial charge on any atom is 0.268 e. The van der Waals surface area contributed by atoms with Crippen molar-refractivity contribution in [3.63, 3.8) is 0 Å². The van der Waals surface area contributed by atoms with Crippen LogP contribution in [0.4, 0.5) is 0 Å². The van der Waals surface area contributed by atoms with Crippen molar-refractivity contribution >= 4 is 27.8 Å². The van der Waals surface area contributed by atoms with Crippen molar-refractivity contribution in [2.45, 2.75) is 0 Å². The van der Waals surface area contributed by atoms with Crippen molar-refractivity contribution in [3.05, 3.63) is 134 Å². The Morgan fingerprint density at radius 2 is 1.41 bits per heavy atom. The van der Waals surface area contributed by atoms with Crippen LogP contribution in [0.25, 0.3) is 56.2 Å². The molecule has 8 aromatic rings. The first-order valence-corrected chi connectivity index (χ1v) is 13.1. The molecule has 1 aliphatic heterocycles. The Hall–Kier alpha value is -4.93. The normalized spacial score (nSPS) is 11.9. The maximum absolute atomic E-state index is 6.26. The third-order valence-electron chi connectivity index (χ3n) is 7.45. The molecule has 1 aliphatic rings. The molecule has 9 rings (SSSR count). The summed E-state index contributed by atoms with van der Waals surface area (Å²) in [6.07, 6.45) is 5.68. The SMILES string of the molecule is [Pt].[c-]1c2cccc1-c1cn3c4ccccc4n(c3n1)-c1ccccc1-[n+]1[c-]n(c3ccccc31)-c1[c-]c(ccc1)O2. The quantitative estimate of drug-likeness (QED) is 0.131. The number of fused-ring (bicyclic) bond motifs is 18. The topological polar surface area (TPSA) is 40.3 Å². The molecule has 4 heterocycles. The van der Waals surface area contributed by atoms with Crippen molar-refractivity contribution in [2.24, 2.45) is 0 Å². The zero-order valence-electron chi connectivity index (χ0n) is 21.4. The average molecular weight is 709 g/mol. The van der Waals surface area contributed by atoms with Crippen molar-refractivity contribution in [2.75, 3.05) is 0 Å². The number of nitrogens with zero attached hydrogens (tertiary/aromatic N) is 5. The van der Waals surface area contributed by atoms with Gasteiger partial charge < -0.3 is 9.30 Å². The Labute approximate surface area is 249 Å². The molecule has 0 atom stereocenters. The van der Waals surface area contributed by atoms with E-state index in [2.05, 4.69) is 105 Å². The van der Waals surface area contributed by atoms with Crippen LogP contribution in [-0.2, 0) is 21.1 Å². The standard InChI is InChI=1S/C34H19N5O.Pt/c1-2-14-29-28(13-1)37-22-38(29)31-16-4-6-18-33(31)39-32-17-5-3-15-30(32)36-21-27(35-34(36)39)23-9-7-11-25(19-23)40-26-12-8-10-24(37)20-26;/h1-18,21H;/q-2;. The summed E-state index contributed by atoms with van der Waals surface area (Å²) >= 11 is 0. The van der Waals surface area contributed by atoms with Gasteiger partial charge in [0.2, 0.25) is 5.78 Å². The second-order valence-corrected chi connectivity index (χ2v) is 9.80.